The van der Waals surface area contributed by atoms with E-state index in [-0.39, 0.29) is 18.1 Å². The van der Waals surface area contributed by atoms with Crippen LogP contribution in [0, 0.1) is 0 Å². The number of anilines is 2. The Morgan fingerprint density at radius 3 is 2.24 bits per heavy atom. The SMILES string of the molecule is Nc1ccc(OCC(=O)Nc2ccc(C(=O)O)cc2)cc1. The number of hydrogen-bond acceptors (Lipinski definition) is 4. The molecule has 0 bridgehead atoms. The van der Waals surface area contributed by atoms with Gasteiger partial charge in [0.2, 0.25) is 0 Å². The molecule has 0 fully saturated rings. The molecule has 108 valence electrons. The van der Waals surface area contributed by atoms with E-state index in [4.69, 9.17) is 15.6 Å². The van der Waals surface area contributed by atoms with Gasteiger partial charge in [0.25, 0.3) is 5.91 Å². The first-order chi connectivity index (χ1) is 10.0. The number of rotatable bonds is 5. The molecule has 0 aromatic heterocycles. The van der Waals surface area contributed by atoms with E-state index >= 15 is 0 Å². The van der Waals surface area contributed by atoms with Gasteiger partial charge in [-0.15, -0.1) is 0 Å². The number of nitrogens with one attached hydrogen (secondary N) is 1. The molecule has 0 atom stereocenters. The first-order valence-electron chi connectivity index (χ1n) is 6.16. The van der Waals surface area contributed by atoms with Crippen LogP contribution in [0.15, 0.2) is 48.5 Å². The second-order valence-corrected chi connectivity index (χ2v) is 4.29. The minimum absolute atomic E-state index is 0.148. The normalized spacial score (nSPS) is 9.90. The molecular formula is C15H14N2O4. The van der Waals surface area contributed by atoms with Gasteiger partial charge in [-0.1, -0.05) is 0 Å². The van der Waals surface area contributed by atoms with Gasteiger partial charge in [-0.05, 0) is 48.5 Å². The maximum absolute atomic E-state index is 11.7. The molecule has 0 aliphatic carbocycles. The van der Waals surface area contributed by atoms with Crippen molar-refractivity contribution in [2.24, 2.45) is 0 Å². The van der Waals surface area contributed by atoms with Crippen molar-refractivity contribution in [3.05, 3.63) is 54.1 Å². The second-order valence-electron chi connectivity index (χ2n) is 4.29. The Bertz CT molecular complexity index is 636. The third-order valence-electron chi connectivity index (χ3n) is 2.67. The molecule has 2 rings (SSSR count). The summed E-state index contributed by atoms with van der Waals surface area (Å²) in [6.45, 7) is -0.148. The van der Waals surface area contributed by atoms with Crippen LogP contribution in [0.3, 0.4) is 0 Å². The summed E-state index contributed by atoms with van der Waals surface area (Å²) in [6, 6.07) is 12.6. The van der Waals surface area contributed by atoms with Crippen molar-refractivity contribution in [1.82, 2.24) is 0 Å². The molecule has 0 aliphatic heterocycles. The quantitative estimate of drug-likeness (QED) is 0.729. The van der Waals surface area contributed by atoms with Gasteiger partial charge in [0.15, 0.2) is 6.61 Å². The third-order valence-corrected chi connectivity index (χ3v) is 2.67. The highest BCUT2D eigenvalue weighted by atomic mass is 16.5. The van der Waals surface area contributed by atoms with E-state index in [0.717, 1.165) is 0 Å². The molecule has 2 aromatic carbocycles. The van der Waals surface area contributed by atoms with Crippen molar-refractivity contribution in [3.8, 4) is 5.75 Å². The van der Waals surface area contributed by atoms with Crippen LogP contribution in [-0.4, -0.2) is 23.6 Å². The predicted octanol–water partition coefficient (Wildman–Crippen LogP) is 1.98. The number of nitrogen functional groups attached to an aromatic ring is 1. The molecule has 0 spiro atoms. The van der Waals surface area contributed by atoms with Crippen LogP contribution in [0.4, 0.5) is 11.4 Å². The van der Waals surface area contributed by atoms with Gasteiger partial charge in [-0.2, -0.15) is 0 Å². The Hall–Kier alpha value is -3.02. The van der Waals surface area contributed by atoms with Crippen LogP contribution < -0.4 is 15.8 Å². The summed E-state index contributed by atoms with van der Waals surface area (Å²) in [6.07, 6.45) is 0. The number of nitrogens with two attached hydrogens (primary N) is 1. The lowest BCUT2D eigenvalue weighted by Crippen LogP contribution is -2.20. The largest absolute Gasteiger partial charge is 0.484 e. The highest BCUT2D eigenvalue weighted by Crippen LogP contribution is 2.13. The molecule has 2 aromatic rings. The average molecular weight is 286 g/mol. The number of ether oxygens (including phenoxy) is 1. The molecule has 6 nitrogen and oxygen atoms in total. The van der Waals surface area contributed by atoms with Gasteiger partial charge >= 0.3 is 5.97 Å². The van der Waals surface area contributed by atoms with Crippen LogP contribution in [0.25, 0.3) is 0 Å². The van der Waals surface area contributed by atoms with Crippen molar-refractivity contribution in [1.29, 1.82) is 0 Å². The smallest absolute Gasteiger partial charge is 0.335 e. The lowest BCUT2D eigenvalue weighted by molar-refractivity contribution is -0.118. The monoisotopic (exact) mass is 286 g/mol. The molecule has 0 heterocycles. The van der Waals surface area contributed by atoms with Crippen LogP contribution in [0.1, 0.15) is 10.4 Å². The van der Waals surface area contributed by atoms with Crippen molar-refractivity contribution in [2.45, 2.75) is 0 Å². The molecule has 4 N–H and O–H groups in total. The Kier molecular flexibility index (Phi) is 4.40. The summed E-state index contributed by atoms with van der Waals surface area (Å²) < 4.78 is 5.30. The minimum Gasteiger partial charge on any atom is -0.484 e. The number of carboxylic acids is 1. The highest BCUT2D eigenvalue weighted by molar-refractivity contribution is 5.93. The average Bonchev–Trinajstić information content (AvgIpc) is 2.47. The van der Waals surface area contributed by atoms with E-state index in [1.165, 1.54) is 24.3 Å². The van der Waals surface area contributed by atoms with Crippen molar-refractivity contribution in [2.75, 3.05) is 17.7 Å². The van der Waals surface area contributed by atoms with E-state index < -0.39 is 5.97 Å². The Morgan fingerprint density at radius 1 is 1.05 bits per heavy atom. The number of hydrogen-bond donors (Lipinski definition) is 3. The van der Waals surface area contributed by atoms with Gasteiger partial charge < -0.3 is 20.9 Å². The van der Waals surface area contributed by atoms with Crippen LogP contribution in [-0.2, 0) is 4.79 Å². The Balaban J connectivity index is 1.86. The van der Waals surface area contributed by atoms with Gasteiger partial charge in [0.1, 0.15) is 5.75 Å². The third kappa shape index (κ3) is 4.24. The fraction of sp³-hybridized carbons (Fsp3) is 0.0667. The predicted molar refractivity (Wildman–Crippen MR) is 78.4 cm³/mol. The zero-order valence-corrected chi connectivity index (χ0v) is 11.1. The molecule has 0 unspecified atom stereocenters. The van der Waals surface area contributed by atoms with Crippen LogP contribution in [0.2, 0.25) is 0 Å². The maximum Gasteiger partial charge on any atom is 0.335 e. The van der Waals surface area contributed by atoms with Crippen molar-refractivity contribution in [3.63, 3.8) is 0 Å². The molecule has 1 amide bonds. The van der Waals surface area contributed by atoms with E-state index in [2.05, 4.69) is 5.32 Å². The Morgan fingerprint density at radius 2 is 1.67 bits per heavy atom. The van der Waals surface area contributed by atoms with E-state index in [1.807, 2.05) is 0 Å². The van der Waals surface area contributed by atoms with Gasteiger partial charge in [-0.25, -0.2) is 4.79 Å². The first-order valence-corrected chi connectivity index (χ1v) is 6.16. The summed E-state index contributed by atoms with van der Waals surface area (Å²) >= 11 is 0. The van der Waals surface area contributed by atoms with Gasteiger partial charge in [0.05, 0.1) is 5.56 Å². The number of carboxylic acid groups (broad SMARTS) is 1. The van der Waals surface area contributed by atoms with E-state index in [0.29, 0.717) is 17.1 Å². The molecule has 0 saturated carbocycles. The Labute approximate surface area is 121 Å². The van der Waals surface area contributed by atoms with E-state index in [9.17, 15) is 9.59 Å². The van der Waals surface area contributed by atoms with E-state index in [1.54, 1.807) is 24.3 Å². The summed E-state index contributed by atoms with van der Waals surface area (Å²) in [5, 5.41) is 11.4. The van der Waals surface area contributed by atoms with Crippen molar-refractivity contribution < 1.29 is 19.4 Å². The second kappa shape index (κ2) is 6.42. The lowest BCUT2D eigenvalue weighted by atomic mass is 10.2. The molecule has 0 saturated heterocycles. The fourth-order valence-electron chi connectivity index (χ4n) is 1.61. The fourth-order valence-corrected chi connectivity index (χ4v) is 1.61. The van der Waals surface area contributed by atoms with Crippen LogP contribution in [0.5, 0.6) is 5.75 Å². The maximum atomic E-state index is 11.7. The number of aromatic carboxylic acids is 1. The van der Waals surface area contributed by atoms with Crippen LogP contribution >= 0.6 is 0 Å². The minimum atomic E-state index is -1.01. The zero-order chi connectivity index (χ0) is 15.2. The number of carbonyl (C=O) groups is 2. The molecule has 6 heteroatoms. The summed E-state index contributed by atoms with van der Waals surface area (Å²) in [7, 11) is 0. The summed E-state index contributed by atoms with van der Waals surface area (Å²) in [5.74, 6) is -0.810. The topological polar surface area (TPSA) is 102 Å². The lowest BCUT2D eigenvalue weighted by Gasteiger charge is -2.08. The highest BCUT2D eigenvalue weighted by Gasteiger charge is 2.05. The zero-order valence-electron chi connectivity index (χ0n) is 11.1. The molecule has 0 radical (unpaired) electrons. The number of carbonyl (C=O) groups excluding carboxylic acids is 1. The number of amides is 1. The van der Waals surface area contributed by atoms with Gasteiger partial charge in [0, 0.05) is 11.4 Å². The molecule has 0 aliphatic rings. The van der Waals surface area contributed by atoms with Gasteiger partial charge in [-0.3, -0.25) is 4.79 Å². The summed E-state index contributed by atoms with van der Waals surface area (Å²) in [4.78, 5) is 22.4. The van der Waals surface area contributed by atoms with Crippen molar-refractivity contribution >= 4 is 23.3 Å². The molecule has 21 heavy (non-hydrogen) atoms. The standard InChI is InChI=1S/C15H14N2O4/c16-11-3-7-13(8-4-11)21-9-14(18)17-12-5-1-10(2-6-12)15(19)20/h1-8H,9,16H2,(H,17,18)(H,19,20). The number of benzene rings is 2. The first kappa shape index (κ1) is 14.4. The molecular weight excluding hydrogens is 272 g/mol. The summed E-state index contributed by atoms with van der Waals surface area (Å²) in [5.41, 5.74) is 6.82.